The summed E-state index contributed by atoms with van der Waals surface area (Å²) in [6, 6.07) is 9.47. The Kier molecular flexibility index (Phi) is 4.32. The zero-order valence-corrected chi connectivity index (χ0v) is 9.05. The second-order valence-corrected chi connectivity index (χ2v) is 3.47. The fourth-order valence-electron chi connectivity index (χ4n) is 1.32. The highest BCUT2D eigenvalue weighted by Gasteiger charge is 2.10. The van der Waals surface area contributed by atoms with Gasteiger partial charge >= 0.3 is 0 Å². The van der Waals surface area contributed by atoms with Crippen LogP contribution in [0.1, 0.15) is 24.9 Å². The number of rotatable bonds is 4. The van der Waals surface area contributed by atoms with E-state index in [0.29, 0.717) is 0 Å². The summed E-state index contributed by atoms with van der Waals surface area (Å²) in [5.74, 6) is -0.371. The van der Waals surface area contributed by atoms with Crippen LogP contribution in [0, 0.1) is 0 Å². The summed E-state index contributed by atoms with van der Waals surface area (Å²) < 4.78 is 0. The molecular weight excluding hydrogens is 206 g/mol. The molecule has 0 fully saturated rings. The SMILES string of the molecule is CC(NC(=O)CC(N)=NO)c1ccccc1. The lowest BCUT2D eigenvalue weighted by Crippen LogP contribution is -2.30. The molecule has 0 saturated heterocycles. The lowest BCUT2D eigenvalue weighted by Gasteiger charge is -2.13. The summed E-state index contributed by atoms with van der Waals surface area (Å²) in [6.45, 7) is 1.87. The summed E-state index contributed by atoms with van der Waals surface area (Å²) in [6.07, 6.45) is -0.103. The van der Waals surface area contributed by atoms with Crippen molar-refractivity contribution in [1.29, 1.82) is 0 Å². The van der Waals surface area contributed by atoms with Gasteiger partial charge in [-0.3, -0.25) is 4.79 Å². The molecule has 86 valence electrons. The van der Waals surface area contributed by atoms with Gasteiger partial charge in [0.2, 0.25) is 5.91 Å². The molecule has 5 nitrogen and oxygen atoms in total. The van der Waals surface area contributed by atoms with Crippen molar-refractivity contribution >= 4 is 11.7 Å². The van der Waals surface area contributed by atoms with E-state index in [1.165, 1.54) is 0 Å². The number of nitrogens with two attached hydrogens (primary N) is 1. The highest BCUT2D eigenvalue weighted by Crippen LogP contribution is 2.10. The number of nitrogens with one attached hydrogen (secondary N) is 1. The van der Waals surface area contributed by atoms with E-state index in [2.05, 4.69) is 10.5 Å². The van der Waals surface area contributed by atoms with Crippen molar-refractivity contribution in [3.05, 3.63) is 35.9 Å². The summed E-state index contributed by atoms with van der Waals surface area (Å²) >= 11 is 0. The maximum absolute atomic E-state index is 11.4. The van der Waals surface area contributed by atoms with Crippen LogP contribution >= 0.6 is 0 Å². The Bertz CT molecular complexity index is 376. The van der Waals surface area contributed by atoms with Gasteiger partial charge in [0.25, 0.3) is 0 Å². The molecule has 0 spiro atoms. The third-order valence-corrected chi connectivity index (χ3v) is 2.15. The van der Waals surface area contributed by atoms with Crippen LogP contribution in [-0.2, 0) is 4.79 Å². The lowest BCUT2D eigenvalue weighted by molar-refractivity contribution is -0.120. The van der Waals surface area contributed by atoms with Gasteiger partial charge in [-0.1, -0.05) is 35.5 Å². The van der Waals surface area contributed by atoms with Crippen LogP contribution < -0.4 is 11.1 Å². The predicted octanol–water partition coefficient (Wildman–Crippen LogP) is 1.00. The standard InChI is InChI=1S/C11H15N3O2/c1-8(9-5-3-2-4-6-9)13-11(15)7-10(12)14-16/h2-6,8,16H,7H2,1H3,(H2,12,14)(H,13,15). The molecule has 4 N–H and O–H groups in total. The topological polar surface area (TPSA) is 87.7 Å². The minimum atomic E-state index is -0.272. The van der Waals surface area contributed by atoms with Gasteiger partial charge in [-0.2, -0.15) is 0 Å². The first-order valence-electron chi connectivity index (χ1n) is 4.94. The molecule has 0 saturated carbocycles. The third-order valence-electron chi connectivity index (χ3n) is 2.15. The van der Waals surface area contributed by atoms with Gasteiger partial charge in [-0.05, 0) is 12.5 Å². The molecule has 1 rings (SSSR count). The summed E-state index contributed by atoms with van der Waals surface area (Å²) in [5.41, 5.74) is 6.24. The molecule has 0 aromatic heterocycles. The number of amides is 1. The molecule has 0 aliphatic rings. The van der Waals surface area contributed by atoms with Gasteiger partial charge in [0.05, 0.1) is 12.5 Å². The zero-order valence-electron chi connectivity index (χ0n) is 9.05. The van der Waals surface area contributed by atoms with E-state index in [4.69, 9.17) is 10.9 Å². The molecule has 5 heteroatoms. The normalized spacial score (nSPS) is 13.2. The molecule has 0 bridgehead atoms. The number of hydrogen-bond donors (Lipinski definition) is 3. The Hall–Kier alpha value is -2.04. The molecule has 1 unspecified atom stereocenters. The molecule has 1 amide bonds. The Morgan fingerprint density at radius 2 is 2.12 bits per heavy atom. The van der Waals surface area contributed by atoms with Crippen molar-refractivity contribution in [3.63, 3.8) is 0 Å². The van der Waals surface area contributed by atoms with Crippen molar-refractivity contribution < 1.29 is 10.0 Å². The number of carbonyl (C=O) groups is 1. The van der Waals surface area contributed by atoms with Gasteiger partial charge in [-0.25, -0.2) is 0 Å². The van der Waals surface area contributed by atoms with Gasteiger partial charge in [-0.15, -0.1) is 0 Å². The van der Waals surface area contributed by atoms with Gasteiger partial charge < -0.3 is 16.3 Å². The summed E-state index contributed by atoms with van der Waals surface area (Å²) in [7, 11) is 0. The Balaban J connectivity index is 2.52. The fraction of sp³-hybridized carbons (Fsp3) is 0.273. The molecule has 0 aliphatic carbocycles. The maximum atomic E-state index is 11.4. The molecular formula is C11H15N3O2. The molecule has 16 heavy (non-hydrogen) atoms. The molecule has 0 radical (unpaired) electrons. The van der Waals surface area contributed by atoms with Gasteiger partial charge in [0.1, 0.15) is 5.84 Å². The quantitative estimate of drug-likeness (QED) is 0.307. The van der Waals surface area contributed by atoms with Crippen molar-refractivity contribution in [2.24, 2.45) is 10.9 Å². The first kappa shape index (κ1) is 12.0. The van der Waals surface area contributed by atoms with E-state index < -0.39 is 0 Å². The Morgan fingerprint density at radius 3 is 2.69 bits per heavy atom. The monoisotopic (exact) mass is 221 g/mol. The molecule has 0 aliphatic heterocycles. The van der Waals surface area contributed by atoms with E-state index in [1.54, 1.807) is 0 Å². The summed E-state index contributed by atoms with van der Waals surface area (Å²) in [4.78, 5) is 11.4. The molecule has 1 aromatic rings. The average molecular weight is 221 g/mol. The highest BCUT2D eigenvalue weighted by molar-refractivity contribution is 5.98. The smallest absolute Gasteiger partial charge is 0.228 e. The van der Waals surface area contributed by atoms with Crippen LogP contribution in [0.4, 0.5) is 0 Å². The van der Waals surface area contributed by atoms with Crippen molar-refractivity contribution in [1.82, 2.24) is 5.32 Å². The molecule has 1 aromatic carbocycles. The summed E-state index contributed by atoms with van der Waals surface area (Å²) in [5, 5.41) is 13.8. The van der Waals surface area contributed by atoms with Crippen molar-refractivity contribution in [2.75, 3.05) is 0 Å². The van der Waals surface area contributed by atoms with E-state index in [-0.39, 0.29) is 24.2 Å². The van der Waals surface area contributed by atoms with E-state index in [1.807, 2.05) is 37.3 Å². The fourth-order valence-corrected chi connectivity index (χ4v) is 1.32. The maximum Gasteiger partial charge on any atom is 0.228 e. The zero-order chi connectivity index (χ0) is 12.0. The number of hydrogen-bond acceptors (Lipinski definition) is 3. The highest BCUT2D eigenvalue weighted by atomic mass is 16.4. The minimum Gasteiger partial charge on any atom is -0.409 e. The number of nitrogens with zero attached hydrogens (tertiary/aromatic N) is 1. The lowest BCUT2D eigenvalue weighted by atomic mass is 10.1. The minimum absolute atomic E-state index is 0.0970. The van der Waals surface area contributed by atoms with Crippen LogP contribution in [0.25, 0.3) is 0 Å². The number of benzene rings is 1. The van der Waals surface area contributed by atoms with Gasteiger partial charge in [0, 0.05) is 0 Å². The predicted molar refractivity (Wildman–Crippen MR) is 61.0 cm³/mol. The van der Waals surface area contributed by atoms with Crippen LogP contribution in [0.15, 0.2) is 35.5 Å². The number of amidine groups is 1. The van der Waals surface area contributed by atoms with E-state index in [9.17, 15) is 4.79 Å². The van der Waals surface area contributed by atoms with E-state index >= 15 is 0 Å². The van der Waals surface area contributed by atoms with Crippen molar-refractivity contribution in [3.8, 4) is 0 Å². The van der Waals surface area contributed by atoms with Crippen molar-refractivity contribution in [2.45, 2.75) is 19.4 Å². The van der Waals surface area contributed by atoms with Gasteiger partial charge in [0.15, 0.2) is 0 Å². The molecule has 0 heterocycles. The van der Waals surface area contributed by atoms with Crippen LogP contribution in [0.2, 0.25) is 0 Å². The Labute approximate surface area is 94.0 Å². The number of carbonyl (C=O) groups excluding carboxylic acids is 1. The second kappa shape index (κ2) is 5.75. The average Bonchev–Trinajstić information content (AvgIpc) is 2.29. The molecule has 1 atom stereocenters. The number of oxime groups is 1. The van der Waals surface area contributed by atoms with Crippen LogP contribution in [0.3, 0.4) is 0 Å². The Morgan fingerprint density at radius 1 is 1.50 bits per heavy atom. The first-order valence-corrected chi connectivity index (χ1v) is 4.94. The third kappa shape index (κ3) is 3.61. The largest absolute Gasteiger partial charge is 0.409 e. The van der Waals surface area contributed by atoms with Crippen LogP contribution in [-0.4, -0.2) is 17.0 Å². The first-order chi connectivity index (χ1) is 7.63. The second-order valence-electron chi connectivity index (χ2n) is 3.47. The van der Waals surface area contributed by atoms with E-state index in [0.717, 1.165) is 5.56 Å². The van der Waals surface area contributed by atoms with Crippen LogP contribution in [0.5, 0.6) is 0 Å².